The Balaban J connectivity index is 1.96. The van der Waals surface area contributed by atoms with Crippen LogP contribution in [-0.4, -0.2) is 15.7 Å². The number of para-hydroxylation sites is 1. The molecule has 0 atom stereocenters. The minimum absolute atomic E-state index is 0.107. The van der Waals surface area contributed by atoms with Crippen molar-refractivity contribution in [2.75, 3.05) is 11.5 Å². The van der Waals surface area contributed by atoms with Crippen LogP contribution in [0.15, 0.2) is 40.3 Å². The van der Waals surface area contributed by atoms with Gasteiger partial charge in [0.25, 0.3) is 5.56 Å². The number of benzene rings is 1. The summed E-state index contributed by atoms with van der Waals surface area (Å²) in [4.78, 5) is 18.2. The van der Waals surface area contributed by atoms with Crippen molar-refractivity contribution in [2.24, 2.45) is 0 Å². The van der Waals surface area contributed by atoms with E-state index in [4.69, 9.17) is 5.73 Å². The van der Waals surface area contributed by atoms with Gasteiger partial charge in [-0.1, -0.05) is 30.0 Å². The van der Waals surface area contributed by atoms with Crippen molar-refractivity contribution in [3.8, 4) is 0 Å². The van der Waals surface area contributed by atoms with Gasteiger partial charge in [0.1, 0.15) is 0 Å². The van der Waals surface area contributed by atoms with Gasteiger partial charge in [-0.05, 0) is 25.0 Å². The maximum atomic E-state index is 11.3. The summed E-state index contributed by atoms with van der Waals surface area (Å²) in [6, 6.07) is 9.29. The monoisotopic (exact) mass is 261 g/mol. The average molecular weight is 261 g/mol. The lowest BCUT2D eigenvalue weighted by atomic mass is 10.1. The number of anilines is 1. The maximum absolute atomic E-state index is 11.3. The van der Waals surface area contributed by atoms with E-state index in [0.29, 0.717) is 5.16 Å². The standard InChI is InChI=1S/C13H15N3OS/c1-9-8-12(17)16-13(15-9)18-7-6-10-4-2-3-5-11(10)14/h2-5,8H,6-7,14H2,1H3,(H,15,16,17). The van der Waals surface area contributed by atoms with Crippen LogP contribution in [0.3, 0.4) is 0 Å². The Morgan fingerprint density at radius 3 is 2.89 bits per heavy atom. The predicted octanol–water partition coefficient (Wildman–Crippen LogP) is 2.00. The van der Waals surface area contributed by atoms with Crippen molar-refractivity contribution in [3.63, 3.8) is 0 Å². The van der Waals surface area contributed by atoms with Gasteiger partial charge in [-0.25, -0.2) is 4.98 Å². The molecule has 2 rings (SSSR count). The average Bonchev–Trinajstić information content (AvgIpc) is 2.30. The summed E-state index contributed by atoms with van der Waals surface area (Å²) in [6.07, 6.45) is 0.856. The number of hydrogen-bond donors (Lipinski definition) is 2. The number of thioether (sulfide) groups is 1. The minimum atomic E-state index is -0.107. The van der Waals surface area contributed by atoms with E-state index < -0.39 is 0 Å². The number of nitrogens with zero attached hydrogens (tertiary/aromatic N) is 1. The molecular weight excluding hydrogens is 246 g/mol. The molecule has 3 N–H and O–H groups in total. The number of nitrogens with one attached hydrogen (secondary N) is 1. The molecule has 1 aromatic carbocycles. The number of aryl methyl sites for hydroxylation is 2. The highest BCUT2D eigenvalue weighted by Crippen LogP contribution is 2.17. The normalized spacial score (nSPS) is 10.5. The zero-order valence-corrected chi connectivity index (χ0v) is 11.0. The summed E-state index contributed by atoms with van der Waals surface area (Å²) in [5.41, 5.74) is 8.43. The fraction of sp³-hybridized carbons (Fsp3) is 0.231. The second kappa shape index (κ2) is 5.73. The summed E-state index contributed by atoms with van der Waals surface area (Å²) >= 11 is 1.53. The highest BCUT2D eigenvalue weighted by molar-refractivity contribution is 7.99. The van der Waals surface area contributed by atoms with Crippen LogP contribution in [0.25, 0.3) is 0 Å². The van der Waals surface area contributed by atoms with Gasteiger partial charge < -0.3 is 10.7 Å². The Bertz CT molecular complexity index is 595. The van der Waals surface area contributed by atoms with E-state index >= 15 is 0 Å². The zero-order chi connectivity index (χ0) is 13.0. The Morgan fingerprint density at radius 1 is 1.39 bits per heavy atom. The van der Waals surface area contributed by atoms with Crippen LogP contribution in [0.5, 0.6) is 0 Å². The van der Waals surface area contributed by atoms with Crippen LogP contribution in [0, 0.1) is 6.92 Å². The molecular formula is C13H15N3OS. The van der Waals surface area contributed by atoms with Crippen LogP contribution in [0.1, 0.15) is 11.3 Å². The molecule has 5 heteroatoms. The number of rotatable bonds is 4. The van der Waals surface area contributed by atoms with Crippen molar-refractivity contribution in [3.05, 3.63) is 51.9 Å². The summed E-state index contributed by atoms with van der Waals surface area (Å²) in [5.74, 6) is 0.834. The number of nitrogen functional groups attached to an aromatic ring is 1. The largest absolute Gasteiger partial charge is 0.399 e. The lowest BCUT2D eigenvalue weighted by Gasteiger charge is -2.05. The molecule has 0 saturated carbocycles. The topological polar surface area (TPSA) is 71.8 Å². The van der Waals surface area contributed by atoms with Crippen LogP contribution < -0.4 is 11.3 Å². The van der Waals surface area contributed by atoms with Gasteiger partial charge in [-0.3, -0.25) is 4.79 Å². The first-order valence-corrected chi connectivity index (χ1v) is 6.68. The van der Waals surface area contributed by atoms with Crippen molar-refractivity contribution >= 4 is 17.4 Å². The number of aromatic amines is 1. The maximum Gasteiger partial charge on any atom is 0.251 e. The molecule has 4 nitrogen and oxygen atoms in total. The minimum Gasteiger partial charge on any atom is -0.399 e. The SMILES string of the molecule is Cc1cc(=O)[nH]c(SCCc2ccccc2N)n1. The highest BCUT2D eigenvalue weighted by atomic mass is 32.2. The Kier molecular flexibility index (Phi) is 4.04. The van der Waals surface area contributed by atoms with Crippen molar-refractivity contribution in [2.45, 2.75) is 18.5 Å². The molecule has 0 amide bonds. The van der Waals surface area contributed by atoms with E-state index in [1.807, 2.05) is 31.2 Å². The summed E-state index contributed by atoms with van der Waals surface area (Å²) < 4.78 is 0. The van der Waals surface area contributed by atoms with E-state index in [1.165, 1.54) is 17.8 Å². The molecule has 94 valence electrons. The first-order chi connectivity index (χ1) is 8.65. The number of hydrogen-bond acceptors (Lipinski definition) is 4. The highest BCUT2D eigenvalue weighted by Gasteiger charge is 2.01. The van der Waals surface area contributed by atoms with Gasteiger partial charge in [0.05, 0.1) is 0 Å². The van der Waals surface area contributed by atoms with Crippen molar-refractivity contribution in [1.82, 2.24) is 9.97 Å². The molecule has 0 unspecified atom stereocenters. The second-order valence-electron chi connectivity index (χ2n) is 3.99. The third-order valence-electron chi connectivity index (χ3n) is 2.51. The lowest BCUT2D eigenvalue weighted by Crippen LogP contribution is -2.08. The third-order valence-corrected chi connectivity index (χ3v) is 3.39. The van der Waals surface area contributed by atoms with Gasteiger partial charge in [0.15, 0.2) is 5.16 Å². The molecule has 0 saturated heterocycles. The quantitative estimate of drug-likeness (QED) is 0.501. The van der Waals surface area contributed by atoms with Crippen molar-refractivity contribution in [1.29, 1.82) is 0 Å². The molecule has 0 spiro atoms. The first kappa shape index (κ1) is 12.7. The predicted molar refractivity (Wildman–Crippen MR) is 74.9 cm³/mol. The van der Waals surface area contributed by atoms with Gasteiger partial charge in [-0.2, -0.15) is 0 Å². The van der Waals surface area contributed by atoms with Gasteiger partial charge in [0.2, 0.25) is 0 Å². The molecule has 2 aromatic rings. The lowest BCUT2D eigenvalue weighted by molar-refractivity contribution is 0.904. The fourth-order valence-corrected chi connectivity index (χ4v) is 2.54. The zero-order valence-electron chi connectivity index (χ0n) is 10.1. The molecule has 1 aromatic heterocycles. The molecule has 0 fully saturated rings. The summed E-state index contributed by atoms with van der Waals surface area (Å²) in [5, 5.41) is 0.662. The van der Waals surface area contributed by atoms with Gasteiger partial charge in [0, 0.05) is 23.2 Å². The molecule has 0 aliphatic rings. The van der Waals surface area contributed by atoms with E-state index in [0.717, 1.165) is 29.1 Å². The number of H-pyrrole nitrogens is 1. The first-order valence-electron chi connectivity index (χ1n) is 5.69. The van der Waals surface area contributed by atoms with Crippen LogP contribution in [0.2, 0.25) is 0 Å². The fourth-order valence-electron chi connectivity index (χ4n) is 1.64. The van der Waals surface area contributed by atoms with E-state index in [2.05, 4.69) is 9.97 Å². The van der Waals surface area contributed by atoms with E-state index in [9.17, 15) is 4.79 Å². The summed E-state index contributed by atoms with van der Waals surface area (Å²) in [7, 11) is 0. The Labute approximate surface area is 110 Å². The third kappa shape index (κ3) is 3.37. The number of nitrogens with two attached hydrogens (primary N) is 1. The summed E-state index contributed by atoms with van der Waals surface area (Å²) in [6.45, 7) is 1.81. The van der Waals surface area contributed by atoms with Gasteiger partial charge in [-0.15, -0.1) is 0 Å². The van der Waals surface area contributed by atoms with E-state index in [1.54, 1.807) is 0 Å². The number of aromatic nitrogens is 2. The smallest absolute Gasteiger partial charge is 0.251 e. The molecule has 0 bridgehead atoms. The van der Waals surface area contributed by atoms with Crippen LogP contribution >= 0.6 is 11.8 Å². The van der Waals surface area contributed by atoms with Gasteiger partial charge >= 0.3 is 0 Å². The molecule has 1 heterocycles. The Hall–Kier alpha value is -1.75. The Morgan fingerprint density at radius 2 is 2.17 bits per heavy atom. The second-order valence-corrected chi connectivity index (χ2v) is 5.07. The molecule has 0 radical (unpaired) electrons. The molecule has 0 aliphatic heterocycles. The van der Waals surface area contributed by atoms with Crippen LogP contribution in [-0.2, 0) is 6.42 Å². The molecule has 0 aliphatic carbocycles. The van der Waals surface area contributed by atoms with Crippen molar-refractivity contribution < 1.29 is 0 Å². The van der Waals surface area contributed by atoms with Crippen LogP contribution in [0.4, 0.5) is 5.69 Å². The van der Waals surface area contributed by atoms with E-state index in [-0.39, 0.29) is 5.56 Å². The molecule has 18 heavy (non-hydrogen) atoms.